The Labute approximate surface area is 174 Å². The standard InChI is InChI=1S/C6H17NO6P2.3Na/c1-2-3-4-7(5-14(8,9)10)6-15(11,12)13;;;/h2-6H2,1H3,(H2,8,9,10)(H2,11,12,13);;;/q;3*+1/p-3. The second-order valence-electron chi connectivity index (χ2n) is 3.28. The van der Waals surface area contributed by atoms with Gasteiger partial charge in [-0.05, 0) is 13.0 Å². The monoisotopic (exact) mass is 327 g/mol. The summed E-state index contributed by atoms with van der Waals surface area (Å²) in [5, 5.41) is 0. The van der Waals surface area contributed by atoms with Crippen LogP contribution in [0.2, 0.25) is 0 Å². The van der Waals surface area contributed by atoms with E-state index in [4.69, 9.17) is 4.89 Å². The molecule has 1 atom stereocenters. The van der Waals surface area contributed by atoms with Crippen molar-refractivity contribution in [2.45, 2.75) is 19.8 Å². The van der Waals surface area contributed by atoms with Gasteiger partial charge in [-0.15, -0.1) is 0 Å². The van der Waals surface area contributed by atoms with Gasteiger partial charge in [-0.2, -0.15) is 0 Å². The molecule has 0 aliphatic heterocycles. The molecule has 92 valence electrons. The van der Waals surface area contributed by atoms with E-state index in [9.17, 15) is 23.8 Å². The number of rotatable bonds is 7. The molecule has 0 amide bonds. The Morgan fingerprint density at radius 3 is 1.78 bits per heavy atom. The Morgan fingerprint density at radius 2 is 1.50 bits per heavy atom. The molecule has 0 aliphatic carbocycles. The van der Waals surface area contributed by atoms with Gasteiger partial charge in [-0.25, -0.2) is 0 Å². The van der Waals surface area contributed by atoms with Crippen LogP contribution in [0.1, 0.15) is 19.8 Å². The SMILES string of the molecule is CCCCN(CP(=O)([O-])[O-])CP(=O)([O-])O.[Na+].[Na+].[Na+]. The minimum absolute atomic E-state index is 0. The molecule has 12 heteroatoms. The van der Waals surface area contributed by atoms with Crippen LogP contribution in [0, 0.1) is 0 Å². The summed E-state index contributed by atoms with van der Waals surface area (Å²) in [6.07, 6.45) is -0.394. The third-order valence-electron chi connectivity index (χ3n) is 1.58. The average molecular weight is 327 g/mol. The molecule has 0 saturated heterocycles. The van der Waals surface area contributed by atoms with Gasteiger partial charge in [0.15, 0.2) is 0 Å². The Balaban J connectivity index is -0.000000327. The summed E-state index contributed by atoms with van der Waals surface area (Å²) in [5.74, 6) is 0. The number of hydrogen-bond donors (Lipinski definition) is 1. The zero-order valence-corrected chi connectivity index (χ0v) is 19.2. The van der Waals surface area contributed by atoms with E-state index in [2.05, 4.69) is 0 Å². The van der Waals surface area contributed by atoms with Gasteiger partial charge in [0, 0.05) is 6.29 Å². The van der Waals surface area contributed by atoms with Crippen LogP contribution < -0.4 is 103 Å². The number of hydrogen-bond acceptors (Lipinski definition) is 6. The van der Waals surface area contributed by atoms with Gasteiger partial charge in [0.2, 0.25) is 0 Å². The zero-order chi connectivity index (χ0) is 12.1. The normalized spacial score (nSPS) is 13.9. The van der Waals surface area contributed by atoms with Crippen molar-refractivity contribution in [3.63, 3.8) is 0 Å². The number of unbranched alkanes of at least 4 members (excludes halogenated alkanes) is 1. The fourth-order valence-electron chi connectivity index (χ4n) is 1.07. The molecule has 0 fully saturated rings. The van der Waals surface area contributed by atoms with Gasteiger partial charge in [0.05, 0.1) is 6.29 Å². The third kappa shape index (κ3) is 21.6. The zero-order valence-electron chi connectivity index (χ0n) is 11.4. The Hall–Kier alpha value is 3.26. The predicted octanol–water partition coefficient (Wildman–Crippen LogP) is -10.5. The molecule has 18 heavy (non-hydrogen) atoms. The summed E-state index contributed by atoms with van der Waals surface area (Å²) < 4.78 is 21.0. The smallest absolute Gasteiger partial charge is 0.810 e. The topological polar surface area (TPSA) is 127 Å². The molecule has 0 bridgehead atoms. The van der Waals surface area contributed by atoms with Crippen molar-refractivity contribution in [1.29, 1.82) is 0 Å². The van der Waals surface area contributed by atoms with E-state index in [0.29, 0.717) is 6.42 Å². The molecule has 7 nitrogen and oxygen atoms in total. The molecule has 0 aliphatic rings. The Bertz CT molecular complexity index is 258. The first-order valence-corrected chi connectivity index (χ1v) is 7.89. The molecule has 1 unspecified atom stereocenters. The van der Waals surface area contributed by atoms with Crippen LogP contribution in [0.5, 0.6) is 0 Å². The first-order chi connectivity index (χ1) is 6.64. The van der Waals surface area contributed by atoms with E-state index in [0.717, 1.165) is 11.3 Å². The van der Waals surface area contributed by atoms with Gasteiger partial charge in [-0.1, -0.05) is 20.9 Å². The van der Waals surface area contributed by atoms with Crippen molar-refractivity contribution in [3.05, 3.63) is 0 Å². The summed E-state index contributed by atoms with van der Waals surface area (Å²) in [7, 11) is -9.36. The van der Waals surface area contributed by atoms with Crippen molar-refractivity contribution in [2.24, 2.45) is 0 Å². The van der Waals surface area contributed by atoms with Crippen molar-refractivity contribution in [1.82, 2.24) is 4.90 Å². The summed E-state index contributed by atoms with van der Waals surface area (Å²) in [5.41, 5.74) is 0. The third-order valence-corrected chi connectivity index (χ3v) is 3.08. The van der Waals surface area contributed by atoms with E-state index in [1.165, 1.54) is 0 Å². The largest absolute Gasteiger partial charge is 1.00 e. The fraction of sp³-hybridized carbons (Fsp3) is 1.00. The molecule has 0 saturated carbocycles. The minimum atomic E-state index is -4.79. The van der Waals surface area contributed by atoms with Crippen LogP contribution in [-0.2, 0) is 9.13 Å². The summed E-state index contributed by atoms with van der Waals surface area (Å²) in [6.45, 7) is 1.99. The van der Waals surface area contributed by atoms with Gasteiger partial charge < -0.3 is 28.7 Å². The van der Waals surface area contributed by atoms with Gasteiger partial charge in [0.25, 0.3) is 0 Å². The molecule has 0 aromatic carbocycles. The van der Waals surface area contributed by atoms with E-state index in [-0.39, 0.29) is 95.2 Å². The molecule has 0 radical (unpaired) electrons. The second-order valence-corrected chi connectivity index (χ2v) is 6.34. The van der Waals surface area contributed by atoms with E-state index < -0.39 is 27.8 Å². The molecule has 0 heterocycles. The first-order valence-electron chi connectivity index (χ1n) is 4.40. The Morgan fingerprint density at radius 1 is 1.06 bits per heavy atom. The van der Waals surface area contributed by atoms with E-state index in [1.807, 2.05) is 6.92 Å². The maximum Gasteiger partial charge on any atom is 1.00 e. The molecule has 1 N–H and O–H groups in total. The summed E-state index contributed by atoms with van der Waals surface area (Å²) in [6, 6.07) is 0. The van der Waals surface area contributed by atoms with Crippen LogP contribution in [0.15, 0.2) is 0 Å². The van der Waals surface area contributed by atoms with E-state index >= 15 is 0 Å². The van der Waals surface area contributed by atoms with E-state index in [1.54, 1.807) is 0 Å². The van der Waals surface area contributed by atoms with Gasteiger partial charge >= 0.3 is 88.7 Å². The quantitative estimate of drug-likeness (QED) is 0.363. The van der Waals surface area contributed by atoms with Crippen LogP contribution >= 0.6 is 15.2 Å². The molecular formula is C6H14NNa3O6P2. The van der Waals surface area contributed by atoms with Crippen LogP contribution in [0.3, 0.4) is 0 Å². The maximum atomic E-state index is 10.5. The van der Waals surface area contributed by atoms with Crippen LogP contribution in [0.4, 0.5) is 0 Å². The van der Waals surface area contributed by atoms with Gasteiger partial charge in [-0.3, -0.25) is 4.90 Å². The molecular weight excluding hydrogens is 313 g/mol. The van der Waals surface area contributed by atoms with Crippen molar-refractivity contribution >= 4 is 15.2 Å². The first kappa shape index (κ1) is 29.3. The van der Waals surface area contributed by atoms with Gasteiger partial charge in [0.1, 0.15) is 7.60 Å². The minimum Gasteiger partial charge on any atom is -0.810 e. The fourth-order valence-corrected chi connectivity index (χ4v) is 2.70. The summed E-state index contributed by atoms with van der Waals surface area (Å²) in [4.78, 5) is 40.9. The molecule has 0 aromatic heterocycles. The van der Waals surface area contributed by atoms with Crippen molar-refractivity contribution in [3.8, 4) is 0 Å². The van der Waals surface area contributed by atoms with Crippen molar-refractivity contribution < 1.29 is 117 Å². The van der Waals surface area contributed by atoms with Crippen molar-refractivity contribution in [2.75, 3.05) is 19.1 Å². The summed E-state index contributed by atoms with van der Waals surface area (Å²) >= 11 is 0. The predicted molar refractivity (Wildman–Crippen MR) is 48.8 cm³/mol. The molecule has 0 aromatic rings. The maximum absolute atomic E-state index is 10.5. The second kappa shape index (κ2) is 13.9. The number of nitrogens with zero attached hydrogens (tertiary/aromatic N) is 1. The van der Waals surface area contributed by atoms with Crippen LogP contribution in [0.25, 0.3) is 0 Å². The molecule has 0 rings (SSSR count). The average Bonchev–Trinajstić information content (AvgIpc) is 1.94. The van der Waals surface area contributed by atoms with Crippen LogP contribution in [-0.4, -0.2) is 28.9 Å². The molecule has 0 spiro atoms. The Kier molecular flexibility index (Phi) is 22.6.